The van der Waals surface area contributed by atoms with Crippen molar-refractivity contribution in [1.29, 1.82) is 0 Å². The van der Waals surface area contributed by atoms with Crippen molar-refractivity contribution in [3.8, 4) is 0 Å². The average Bonchev–Trinajstić information content (AvgIpc) is 2.14. The maximum atomic E-state index is 5.60. The summed E-state index contributed by atoms with van der Waals surface area (Å²) in [6, 6.07) is 0. The summed E-state index contributed by atoms with van der Waals surface area (Å²) < 4.78 is 0. The molecule has 1 heterocycles. The van der Waals surface area contributed by atoms with Gasteiger partial charge < -0.3 is 10.6 Å². The molecule has 0 spiro atoms. The molecule has 1 saturated heterocycles. The van der Waals surface area contributed by atoms with Crippen LogP contribution in [-0.2, 0) is 0 Å². The summed E-state index contributed by atoms with van der Waals surface area (Å²) in [5, 5.41) is 0. The lowest BCUT2D eigenvalue weighted by Gasteiger charge is -2.12. The van der Waals surface area contributed by atoms with Gasteiger partial charge in [0, 0.05) is 0 Å². The number of nitrogens with zero attached hydrogens (tertiary/aromatic N) is 1. The predicted octanol–water partition coefficient (Wildman–Crippen LogP) is 0.677. The highest BCUT2D eigenvalue weighted by atomic mass is 15.1. The van der Waals surface area contributed by atoms with Gasteiger partial charge in [0.15, 0.2) is 0 Å². The topological polar surface area (TPSA) is 29.3 Å². The number of rotatable bonds is 1. The lowest BCUT2D eigenvalue weighted by atomic mass is 10.0. The molecule has 0 unspecified atom stereocenters. The summed E-state index contributed by atoms with van der Waals surface area (Å²) in [6.45, 7) is 3.38. The average molecular weight is 142 g/mol. The second kappa shape index (κ2) is 3.94. The molecule has 2 nitrogen and oxygen atoms in total. The van der Waals surface area contributed by atoms with Crippen LogP contribution in [0.1, 0.15) is 19.3 Å². The highest BCUT2D eigenvalue weighted by Crippen LogP contribution is 2.14. The van der Waals surface area contributed by atoms with Gasteiger partial charge in [-0.3, -0.25) is 0 Å². The highest BCUT2D eigenvalue weighted by molar-refractivity contribution is 4.67. The third-order valence-corrected chi connectivity index (χ3v) is 2.40. The molecule has 1 fully saturated rings. The Morgan fingerprint density at radius 2 is 2.20 bits per heavy atom. The van der Waals surface area contributed by atoms with E-state index in [0.29, 0.717) is 0 Å². The Hall–Kier alpha value is -0.0800. The standard InChI is InChI=1S/C8H18N2/c1-10-5-2-3-8(7-9)4-6-10/h8H,2-7,9H2,1H3/t8-/m0/s1. The zero-order valence-corrected chi connectivity index (χ0v) is 6.84. The molecule has 1 atom stereocenters. The smallest absolute Gasteiger partial charge is 0.00187 e. The van der Waals surface area contributed by atoms with Crippen molar-refractivity contribution in [3.05, 3.63) is 0 Å². The van der Waals surface area contributed by atoms with E-state index >= 15 is 0 Å². The maximum Gasteiger partial charge on any atom is -0.00187 e. The van der Waals surface area contributed by atoms with Gasteiger partial charge in [-0.25, -0.2) is 0 Å². The molecular weight excluding hydrogens is 124 g/mol. The Labute approximate surface area is 63.4 Å². The van der Waals surface area contributed by atoms with Crippen molar-refractivity contribution in [1.82, 2.24) is 4.90 Å². The molecule has 0 radical (unpaired) electrons. The fraction of sp³-hybridized carbons (Fsp3) is 1.00. The molecule has 60 valence electrons. The van der Waals surface area contributed by atoms with E-state index in [1.807, 2.05) is 0 Å². The molecular formula is C8H18N2. The summed E-state index contributed by atoms with van der Waals surface area (Å²) in [6.07, 6.45) is 3.96. The number of likely N-dealkylation sites (tertiary alicyclic amines) is 1. The van der Waals surface area contributed by atoms with Crippen LogP contribution in [0.2, 0.25) is 0 Å². The van der Waals surface area contributed by atoms with E-state index in [-0.39, 0.29) is 0 Å². The molecule has 0 aromatic carbocycles. The van der Waals surface area contributed by atoms with Crippen molar-refractivity contribution in [2.75, 3.05) is 26.7 Å². The van der Waals surface area contributed by atoms with E-state index < -0.39 is 0 Å². The van der Waals surface area contributed by atoms with E-state index in [1.165, 1.54) is 32.4 Å². The second-order valence-electron chi connectivity index (χ2n) is 3.34. The quantitative estimate of drug-likeness (QED) is 0.583. The first-order valence-electron chi connectivity index (χ1n) is 4.21. The first-order chi connectivity index (χ1) is 4.83. The van der Waals surface area contributed by atoms with Gasteiger partial charge in [-0.1, -0.05) is 0 Å². The van der Waals surface area contributed by atoms with E-state index in [1.54, 1.807) is 0 Å². The van der Waals surface area contributed by atoms with Crippen molar-refractivity contribution in [2.24, 2.45) is 11.7 Å². The normalized spacial score (nSPS) is 30.0. The van der Waals surface area contributed by atoms with E-state index in [4.69, 9.17) is 5.73 Å². The van der Waals surface area contributed by atoms with E-state index in [9.17, 15) is 0 Å². The first-order valence-corrected chi connectivity index (χ1v) is 4.21. The fourth-order valence-corrected chi connectivity index (χ4v) is 1.54. The van der Waals surface area contributed by atoms with Crippen LogP contribution in [0.25, 0.3) is 0 Å². The summed E-state index contributed by atoms with van der Waals surface area (Å²) in [5.41, 5.74) is 5.60. The summed E-state index contributed by atoms with van der Waals surface area (Å²) >= 11 is 0. The van der Waals surface area contributed by atoms with Crippen LogP contribution in [0.5, 0.6) is 0 Å². The van der Waals surface area contributed by atoms with Gasteiger partial charge in [0.25, 0.3) is 0 Å². The van der Waals surface area contributed by atoms with Crippen LogP contribution in [0.15, 0.2) is 0 Å². The number of nitrogens with two attached hydrogens (primary N) is 1. The third kappa shape index (κ3) is 2.27. The van der Waals surface area contributed by atoms with E-state index in [2.05, 4.69) is 11.9 Å². The lowest BCUT2D eigenvalue weighted by molar-refractivity contribution is 0.342. The van der Waals surface area contributed by atoms with Gasteiger partial charge in [-0.15, -0.1) is 0 Å². The molecule has 0 bridgehead atoms. The van der Waals surface area contributed by atoms with E-state index in [0.717, 1.165) is 12.5 Å². The van der Waals surface area contributed by atoms with Crippen molar-refractivity contribution in [3.63, 3.8) is 0 Å². The molecule has 0 aliphatic carbocycles. The summed E-state index contributed by atoms with van der Waals surface area (Å²) in [7, 11) is 2.19. The monoisotopic (exact) mass is 142 g/mol. The Kier molecular flexibility index (Phi) is 3.16. The van der Waals surface area contributed by atoms with Crippen molar-refractivity contribution in [2.45, 2.75) is 19.3 Å². The molecule has 0 aromatic rings. The molecule has 0 saturated carbocycles. The highest BCUT2D eigenvalue weighted by Gasteiger charge is 2.12. The SMILES string of the molecule is CN1CCC[C@H](CN)CC1. The molecule has 1 rings (SSSR count). The molecule has 2 heteroatoms. The summed E-state index contributed by atoms with van der Waals surface area (Å²) in [5.74, 6) is 0.796. The lowest BCUT2D eigenvalue weighted by Crippen LogP contribution is -2.20. The maximum absolute atomic E-state index is 5.60. The second-order valence-corrected chi connectivity index (χ2v) is 3.34. The van der Waals surface area contributed by atoms with Gasteiger partial charge in [-0.2, -0.15) is 0 Å². The fourth-order valence-electron chi connectivity index (χ4n) is 1.54. The zero-order chi connectivity index (χ0) is 7.40. The van der Waals surface area contributed by atoms with Crippen molar-refractivity contribution < 1.29 is 0 Å². The van der Waals surface area contributed by atoms with Crippen LogP contribution < -0.4 is 5.73 Å². The minimum atomic E-state index is 0.796. The third-order valence-electron chi connectivity index (χ3n) is 2.40. The number of hydrogen-bond acceptors (Lipinski definition) is 2. The van der Waals surface area contributed by atoms with Gasteiger partial charge in [-0.05, 0) is 51.9 Å². The first kappa shape index (κ1) is 8.02. The molecule has 1 aliphatic rings. The molecule has 0 aromatic heterocycles. The zero-order valence-electron chi connectivity index (χ0n) is 6.84. The Morgan fingerprint density at radius 1 is 1.40 bits per heavy atom. The minimum Gasteiger partial charge on any atom is -0.330 e. The van der Waals surface area contributed by atoms with Crippen LogP contribution in [-0.4, -0.2) is 31.6 Å². The summed E-state index contributed by atoms with van der Waals surface area (Å²) in [4.78, 5) is 2.40. The van der Waals surface area contributed by atoms with Gasteiger partial charge >= 0.3 is 0 Å². The molecule has 0 amide bonds. The van der Waals surface area contributed by atoms with Crippen LogP contribution >= 0.6 is 0 Å². The Balaban J connectivity index is 2.26. The Morgan fingerprint density at radius 3 is 2.90 bits per heavy atom. The Bertz CT molecular complexity index is 93.3. The van der Waals surface area contributed by atoms with Gasteiger partial charge in [0.05, 0.1) is 0 Å². The van der Waals surface area contributed by atoms with Gasteiger partial charge in [0.1, 0.15) is 0 Å². The molecule has 1 aliphatic heterocycles. The predicted molar refractivity (Wildman–Crippen MR) is 43.9 cm³/mol. The van der Waals surface area contributed by atoms with Crippen LogP contribution in [0.4, 0.5) is 0 Å². The van der Waals surface area contributed by atoms with Crippen LogP contribution in [0.3, 0.4) is 0 Å². The minimum absolute atomic E-state index is 0.796. The molecule has 2 N–H and O–H groups in total. The van der Waals surface area contributed by atoms with Crippen LogP contribution in [0, 0.1) is 5.92 Å². The molecule has 10 heavy (non-hydrogen) atoms. The number of hydrogen-bond donors (Lipinski definition) is 1. The van der Waals surface area contributed by atoms with Gasteiger partial charge in [0.2, 0.25) is 0 Å². The van der Waals surface area contributed by atoms with Crippen molar-refractivity contribution >= 4 is 0 Å². The largest absolute Gasteiger partial charge is 0.330 e.